The van der Waals surface area contributed by atoms with Crippen LogP contribution in [0.25, 0.3) is 0 Å². The van der Waals surface area contributed by atoms with Crippen LogP contribution in [0.2, 0.25) is 0 Å². The lowest BCUT2D eigenvalue weighted by Crippen LogP contribution is -2.28. The summed E-state index contributed by atoms with van der Waals surface area (Å²) in [4.78, 5) is 15.5. The maximum absolute atomic E-state index is 13.6. The minimum atomic E-state index is -0.755. The first-order valence-electron chi connectivity index (χ1n) is 6.37. The van der Waals surface area contributed by atoms with Crippen LogP contribution in [-0.2, 0) is 0 Å². The molecule has 0 radical (unpaired) electrons. The van der Waals surface area contributed by atoms with E-state index in [1.165, 1.54) is 12.3 Å². The number of halogens is 1. The third-order valence-corrected chi connectivity index (χ3v) is 4.95. The van der Waals surface area contributed by atoms with Crippen molar-refractivity contribution in [2.75, 3.05) is 12.3 Å². The van der Waals surface area contributed by atoms with Crippen LogP contribution in [0, 0.1) is 22.6 Å². The molecular formula is C14H20FN3O. The summed E-state index contributed by atoms with van der Waals surface area (Å²) in [5, 5.41) is 2.78. The zero-order chi connectivity index (χ0) is 14.4. The highest BCUT2D eigenvalue weighted by atomic mass is 19.1. The molecule has 4 nitrogen and oxygen atoms in total. The Hall–Kier alpha value is -1.65. The zero-order valence-electron chi connectivity index (χ0n) is 11.7. The van der Waals surface area contributed by atoms with E-state index in [2.05, 4.69) is 38.0 Å². The molecule has 0 bridgehead atoms. The molecule has 0 atom stereocenters. The normalized spacial score (nSPS) is 20.1. The van der Waals surface area contributed by atoms with Crippen molar-refractivity contribution < 1.29 is 9.18 Å². The van der Waals surface area contributed by atoms with Crippen LogP contribution in [0.4, 0.5) is 10.2 Å². The number of hydrogen-bond donors (Lipinski definition) is 2. The number of nitrogens with zero attached hydrogens (tertiary/aromatic N) is 1. The molecule has 3 N–H and O–H groups in total. The molecule has 1 fully saturated rings. The largest absolute Gasteiger partial charge is 0.381 e. The molecule has 1 aliphatic carbocycles. The summed E-state index contributed by atoms with van der Waals surface area (Å²) in [6.07, 6.45) is 1.33. The third kappa shape index (κ3) is 2.07. The quantitative estimate of drug-likeness (QED) is 0.880. The van der Waals surface area contributed by atoms with Gasteiger partial charge in [-0.2, -0.15) is 0 Å². The van der Waals surface area contributed by atoms with Gasteiger partial charge in [0.25, 0.3) is 5.91 Å². The Morgan fingerprint density at radius 1 is 1.42 bits per heavy atom. The Bertz CT molecular complexity index is 511. The first-order chi connectivity index (χ1) is 8.69. The Kier molecular flexibility index (Phi) is 3.03. The maximum atomic E-state index is 13.6. The Morgan fingerprint density at radius 2 is 2.00 bits per heavy atom. The summed E-state index contributed by atoms with van der Waals surface area (Å²) < 4.78 is 13.6. The molecular weight excluding hydrogens is 245 g/mol. The number of anilines is 1. The molecule has 104 valence electrons. The maximum Gasteiger partial charge on any atom is 0.254 e. The predicted molar refractivity (Wildman–Crippen MR) is 72.0 cm³/mol. The van der Waals surface area contributed by atoms with Gasteiger partial charge in [0.05, 0.1) is 5.56 Å². The van der Waals surface area contributed by atoms with Crippen LogP contribution in [0.15, 0.2) is 12.3 Å². The molecule has 2 rings (SSSR count). The van der Waals surface area contributed by atoms with Crippen molar-refractivity contribution in [3.8, 4) is 0 Å². The van der Waals surface area contributed by atoms with Gasteiger partial charge in [-0.15, -0.1) is 0 Å². The fourth-order valence-corrected chi connectivity index (χ4v) is 2.77. The monoisotopic (exact) mass is 265 g/mol. The third-order valence-electron chi connectivity index (χ3n) is 4.95. The summed E-state index contributed by atoms with van der Waals surface area (Å²) in [6, 6.07) is 1.34. The van der Waals surface area contributed by atoms with Crippen molar-refractivity contribution in [1.82, 2.24) is 10.3 Å². The number of nitrogens with two attached hydrogens (primary N) is 1. The van der Waals surface area contributed by atoms with E-state index in [4.69, 9.17) is 5.73 Å². The van der Waals surface area contributed by atoms with Crippen LogP contribution in [0.3, 0.4) is 0 Å². The molecule has 1 amide bonds. The molecule has 1 aromatic rings. The highest BCUT2D eigenvalue weighted by molar-refractivity contribution is 5.95. The van der Waals surface area contributed by atoms with E-state index in [-0.39, 0.29) is 22.2 Å². The summed E-state index contributed by atoms with van der Waals surface area (Å²) in [5.41, 5.74) is 5.68. The van der Waals surface area contributed by atoms with Crippen molar-refractivity contribution in [1.29, 1.82) is 0 Å². The average molecular weight is 265 g/mol. The second-order valence-electron chi connectivity index (χ2n) is 6.26. The number of amides is 1. The zero-order valence-corrected chi connectivity index (χ0v) is 11.7. The highest BCUT2D eigenvalue weighted by Gasteiger charge is 2.64. The van der Waals surface area contributed by atoms with E-state index in [0.717, 1.165) is 0 Å². The molecule has 1 saturated carbocycles. The molecule has 1 heterocycles. The number of aromatic nitrogens is 1. The molecule has 0 aromatic carbocycles. The number of nitrogens with one attached hydrogen (secondary N) is 1. The lowest BCUT2D eigenvalue weighted by atomic mass is 10.0. The van der Waals surface area contributed by atoms with Crippen LogP contribution >= 0.6 is 0 Å². The van der Waals surface area contributed by atoms with Gasteiger partial charge in [-0.05, 0) is 22.8 Å². The molecule has 19 heavy (non-hydrogen) atoms. The molecule has 5 heteroatoms. The SMILES string of the molecule is CC1(C)C(CNC(=O)c2ccnc(N)c2F)C1(C)C. The number of hydrogen-bond acceptors (Lipinski definition) is 3. The van der Waals surface area contributed by atoms with Gasteiger partial charge in [-0.3, -0.25) is 4.79 Å². The topological polar surface area (TPSA) is 68.0 Å². The minimum Gasteiger partial charge on any atom is -0.381 e. The fraction of sp³-hybridized carbons (Fsp3) is 0.571. The Morgan fingerprint density at radius 3 is 2.53 bits per heavy atom. The smallest absolute Gasteiger partial charge is 0.254 e. The van der Waals surface area contributed by atoms with E-state index in [1.54, 1.807) is 0 Å². The molecule has 0 saturated heterocycles. The highest BCUT2D eigenvalue weighted by Crippen LogP contribution is 2.67. The van der Waals surface area contributed by atoms with Crippen LogP contribution in [0.5, 0.6) is 0 Å². The Labute approximate surface area is 112 Å². The number of rotatable bonds is 3. The second-order valence-corrected chi connectivity index (χ2v) is 6.26. The van der Waals surface area contributed by atoms with Gasteiger partial charge in [0.2, 0.25) is 0 Å². The van der Waals surface area contributed by atoms with Gasteiger partial charge >= 0.3 is 0 Å². The van der Waals surface area contributed by atoms with Crippen molar-refractivity contribution in [3.05, 3.63) is 23.6 Å². The molecule has 1 aliphatic rings. The van der Waals surface area contributed by atoms with E-state index in [9.17, 15) is 9.18 Å². The first-order valence-corrected chi connectivity index (χ1v) is 6.37. The van der Waals surface area contributed by atoms with Crippen molar-refractivity contribution in [2.45, 2.75) is 27.7 Å². The minimum absolute atomic E-state index is 0.0521. The molecule has 1 aromatic heterocycles. The van der Waals surface area contributed by atoms with Crippen LogP contribution in [-0.4, -0.2) is 17.4 Å². The number of carbonyl (C=O) groups is 1. The van der Waals surface area contributed by atoms with Gasteiger partial charge in [-0.1, -0.05) is 27.7 Å². The lowest BCUT2D eigenvalue weighted by molar-refractivity contribution is 0.0946. The van der Waals surface area contributed by atoms with E-state index in [0.29, 0.717) is 12.5 Å². The van der Waals surface area contributed by atoms with Gasteiger partial charge in [0.1, 0.15) is 0 Å². The van der Waals surface area contributed by atoms with Gasteiger partial charge in [0.15, 0.2) is 11.6 Å². The summed E-state index contributed by atoms with van der Waals surface area (Å²) in [6.45, 7) is 9.24. The molecule has 0 aliphatic heterocycles. The first kappa shape index (κ1) is 13.8. The number of nitrogen functional groups attached to an aromatic ring is 1. The number of pyridine rings is 1. The average Bonchev–Trinajstić information content (AvgIpc) is 2.70. The van der Waals surface area contributed by atoms with Crippen LogP contribution < -0.4 is 11.1 Å². The fourth-order valence-electron chi connectivity index (χ4n) is 2.77. The molecule has 0 unspecified atom stereocenters. The Balaban J connectivity index is 2.02. The second kappa shape index (κ2) is 4.18. The summed E-state index contributed by atoms with van der Waals surface area (Å²) in [7, 11) is 0. The summed E-state index contributed by atoms with van der Waals surface area (Å²) in [5.74, 6) is -1.05. The van der Waals surface area contributed by atoms with Crippen molar-refractivity contribution in [2.24, 2.45) is 16.7 Å². The number of carbonyl (C=O) groups excluding carboxylic acids is 1. The van der Waals surface area contributed by atoms with Crippen molar-refractivity contribution in [3.63, 3.8) is 0 Å². The van der Waals surface area contributed by atoms with Gasteiger partial charge in [0, 0.05) is 12.7 Å². The molecule has 0 spiro atoms. The van der Waals surface area contributed by atoms with Gasteiger partial charge < -0.3 is 11.1 Å². The van der Waals surface area contributed by atoms with E-state index in [1.807, 2.05) is 0 Å². The van der Waals surface area contributed by atoms with Crippen molar-refractivity contribution >= 4 is 11.7 Å². The summed E-state index contributed by atoms with van der Waals surface area (Å²) >= 11 is 0. The van der Waals surface area contributed by atoms with E-state index >= 15 is 0 Å². The van der Waals surface area contributed by atoms with Gasteiger partial charge in [-0.25, -0.2) is 9.37 Å². The van der Waals surface area contributed by atoms with E-state index < -0.39 is 11.7 Å². The lowest BCUT2D eigenvalue weighted by Gasteiger charge is -2.07. The standard InChI is InChI=1S/C14H20FN3O/c1-13(2)9(14(13,3)4)7-18-12(19)8-5-6-17-11(16)10(8)15/h5-6,9H,7H2,1-4H3,(H2,16,17)(H,18,19). The van der Waals surface area contributed by atoms with Crippen LogP contribution in [0.1, 0.15) is 38.1 Å². The predicted octanol–water partition coefficient (Wildman–Crippen LogP) is 2.21.